The van der Waals surface area contributed by atoms with Crippen LogP contribution < -0.4 is 0 Å². The molecule has 1 unspecified atom stereocenters. The molecule has 8 nitrogen and oxygen atoms in total. The van der Waals surface area contributed by atoms with Crippen LogP contribution in [0.25, 0.3) is 0 Å². The van der Waals surface area contributed by atoms with E-state index in [1.165, 1.54) is 31.7 Å². The first-order chi connectivity index (χ1) is 20.1. The van der Waals surface area contributed by atoms with Gasteiger partial charge in [-0.2, -0.15) is 0 Å². The van der Waals surface area contributed by atoms with Gasteiger partial charge in [0.1, 0.15) is 29.9 Å². The van der Waals surface area contributed by atoms with Crippen LogP contribution in [0, 0.1) is 34.5 Å². The number of rotatable bonds is 11. The first-order valence-corrected chi connectivity index (χ1v) is 17.5. The van der Waals surface area contributed by atoms with Crippen molar-refractivity contribution >= 4 is 17.7 Å². The van der Waals surface area contributed by atoms with E-state index in [1.54, 1.807) is 5.57 Å². The van der Waals surface area contributed by atoms with Crippen molar-refractivity contribution in [3.05, 3.63) is 11.6 Å². The zero-order valence-electron chi connectivity index (χ0n) is 25.8. The zero-order valence-corrected chi connectivity index (χ0v) is 26.6. The molecule has 42 heavy (non-hydrogen) atoms. The molecule has 0 aromatic rings. The Morgan fingerprint density at radius 3 is 2.55 bits per heavy atom. The van der Waals surface area contributed by atoms with Crippen LogP contribution in [-0.2, 0) is 19.0 Å². The molecule has 4 aliphatic carbocycles. The lowest BCUT2D eigenvalue weighted by Crippen LogP contribution is -2.57. The molecule has 3 saturated carbocycles. The Kier molecular flexibility index (Phi) is 10.7. The number of hydrogen-bond acceptors (Lipinski definition) is 9. The van der Waals surface area contributed by atoms with Crippen LogP contribution in [0.2, 0.25) is 0 Å². The normalized spacial score (nSPS) is 45.0. The molecule has 0 aromatic carbocycles. The molecule has 0 amide bonds. The Morgan fingerprint density at radius 2 is 1.79 bits per heavy atom. The maximum Gasteiger partial charge on any atom is 0.309 e. The van der Waals surface area contributed by atoms with Crippen LogP contribution in [0.4, 0.5) is 0 Å². The minimum absolute atomic E-state index is 0.00123. The van der Waals surface area contributed by atoms with Gasteiger partial charge in [0.2, 0.25) is 0 Å². The van der Waals surface area contributed by atoms with Gasteiger partial charge in [0.05, 0.1) is 25.7 Å². The van der Waals surface area contributed by atoms with Crippen molar-refractivity contribution in [3.8, 4) is 0 Å². The van der Waals surface area contributed by atoms with E-state index in [2.05, 4.69) is 19.9 Å². The number of ether oxygens (including phenoxy) is 3. The molecule has 0 aromatic heterocycles. The Hall–Kier alpha value is -0.680. The monoisotopic (exact) mass is 610 g/mol. The fourth-order valence-corrected chi connectivity index (χ4v) is 10.7. The molecule has 1 saturated heterocycles. The highest BCUT2D eigenvalue weighted by atomic mass is 32.2. The Bertz CT molecular complexity index is 958. The fraction of sp³-hybridized carbons (Fsp3) is 0.909. The SMILES string of the molecule is COC(=O)[C@H]1CC[C@H]2[C@@H]3CC=C4CC(OCCCCCCS[C@@H]5O[C@H](CO)[C@@H](O)[C@H](O)[C@@H]5O)CC[C@]4(C)[C@H]3CC[C@]12C. The molecule has 5 aliphatic rings. The van der Waals surface area contributed by atoms with Gasteiger partial charge < -0.3 is 34.6 Å². The quantitative estimate of drug-likeness (QED) is 0.155. The van der Waals surface area contributed by atoms with E-state index < -0.39 is 29.9 Å². The van der Waals surface area contributed by atoms with E-state index in [4.69, 9.17) is 14.2 Å². The summed E-state index contributed by atoms with van der Waals surface area (Å²) in [5.74, 6) is 2.87. The van der Waals surface area contributed by atoms with Gasteiger partial charge in [0.15, 0.2) is 0 Å². The molecule has 0 radical (unpaired) electrons. The van der Waals surface area contributed by atoms with E-state index in [0.717, 1.165) is 76.6 Å². The smallest absolute Gasteiger partial charge is 0.309 e. The molecule has 1 heterocycles. The van der Waals surface area contributed by atoms with Crippen molar-refractivity contribution in [2.24, 2.45) is 34.5 Å². The van der Waals surface area contributed by atoms with E-state index in [-0.39, 0.29) is 29.3 Å². The van der Waals surface area contributed by atoms with Crippen LogP contribution in [0.15, 0.2) is 11.6 Å². The average molecular weight is 611 g/mol. The van der Waals surface area contributed by atoms with Gasteiger partial charge in [-0.05, 0) is 98.5 Å². The first kappa shape index (κ1) is 32.7. The van der Waals surface area contributed by atoms with Crippen molar-refractivity contribution in [3.63, 3.8) is 0 Å². The molecule has 5 rings (SSSR count). The number of unbranched alkanes of at least 4 members (excludes halogenated alkanes) is 3. The van der Waals surface area contributed by atoms with Gasteiger partial charge in [0.25, 0.3) is 0 Å². The number of methoxy groups -OCH3 is 1. The molecule has 9 heteroatoms. The van der Waals surface area contributed by atoms with Crippen LogP contribution in [-0.4, -0.2) is 88.4 Å². The molecule has 240 valence electrons. The summed E-state index contributed by atoms with van der Waals surface area (Å²) in [6.45, 7) is 5.28. The topological polar surface area (TPSA) is 126 Å². The number of thioether (sulfide) groups is 1. The molecular weight excluding hydrogens is 556 g/mol. The van der Waals surface area contributed by atoms with Crippen LogP contribution in [0.3, 0.4) is 0 Å². The summed E-state index contributed by atoms with van der Waals surface area (Å²) in [5.41, 5.74) is 1.34. The average Bonchev–Trinajstić information content (AvgIpc) is 3.35. The maximum atomic E-state index is 12.6. The van der Waals surface area contributed by atoms with E-state index in [1.807, 2.05) is 0 Å². The van der Waals surface area contributed by atoms with Gasteiger partial charge >= 0.3 is 5.97 Å². The number of esters is 1. The largest absolute Gasteiger partial charge is 0.469 e. The second-order valence-corrected chi connectivity index (χ2v) is 15.4. The standard InChI is InChI=1S/C33H54O8S/c1-32-14-12-21(40-16-6-4-5-7-17-42-31-29(37)28(36)27(35)26(19-34)41-31)18-20(32)8-9-22-23-10-11-25(30(38)39-3)33(23,2)15-13-24(22)32/h8,21-29,31,34-37H,4-7,9-19H2,1-3H3/t21?,22-,23-,24-,25+,26+,27+,28-,29-,31-,32-,33-/m0/s1. The highest BCUT2D eigenvalue weighted by molar-refractivity contribution is 7.99. The zero-order chi connectivity index (χ0) is 30.1. The number of carbonyl (C=O) groups excluding carboxylic acids is 1. The summed E-state index contributed by atoms with van der Waals surface area (Å²) in [5, 5.41) is 39.4. The molecule has 0 bridgehead atoms. The fourth-order valence-electron chi connectivity index (χ4n) is 9.51. The summed E-state index contributed by atoms with van der Waals surface area (Å²) in [4.78, 5) is 12.6. The predicted molar refractivity (Wildman–Crippen MR) is 162 cm³/mol. The van der Waals surface area contributed by atoms with Crippen molar-refractivity contribution in [1.29, 1.82) is 0 Å². The Labute approximate surface area is 256 Å². The predicted octanol–water partition coefficient (Wildman–Crippen LogP) is 4.22. The van der Waals surface area contributed by atoms with Crippen molar-refractivity contribution in [2.75, 3.05) is 26.1 Å². The van der Waals surface area contributed by atoms with E-state index in [9.17, 15) is 25.2 Å². The third-order valence-corrected chi connectivity index (χ3v) is 13.3. The lowest BCUT2D eigenvalue weighted by Gasteiger charge is -2.58. The first-order valence-electron chi connectivity index (χ1n) is 16.4. The summed E-state index contributed by atoms with van der Waals surface area (Å²) < 4.78 is 17.2. The third kappa shape index (κ3) is 6.22. The van der Waals surface area contributed by atoms with Crippen LogP contribution in [0.5, 0.6) is 0 Å². The number of aliphatic hydroxyl groups excluding tert-OH is 4. The lowest BCUT2D eigenvalue weighted by molar-refractivity contribution is -0.205. The van der Waals surface area contributed by atoms with Gasteiger partial charge in [-0.3, -0.25) is 4.79 Å². The van der Waals surface area contributed by atoms with Gasteiger partial charge in [0, 0.05) is 6.61 Å². The summed E-state index contributed by atoms with van der Waals surface area (Å²) in [6, 6.07) is 0. The van der Waals surface area contributed by atoms with Gasteiger partial charge in [-0.1, -0.05) is 38.3 Å². The van der Waals surface area contributed by atoms with Crippen LogP contribution >= 0.6 is 11.8 Å². The summed E-state index contributed by atoms with van der Waals surface area (Å²) >= 11 is 1.43. The van der Waals surface area contributed by atoms with Crippen molar-refractivity contribution < 1.29 is 39.4 Å². The minimum atomic E-state index is -1.31. The number of carbonyl (C=O) groups is 1. The summed E-state index contributed by atoms with van der Waals surface area (Å²) in [6.07, 6.45) is 11.4. The van der Waals surface area contributed by atoms with Gasteiger partial charge in [-0.15, -0.1) is 11.8 Å². The lowest BCUT2D eigenvalue weighted by atomic mass is 9.47. The molecule has 1 aliphatic heterocycles. The highest BCUT2D eigenvalue weighted by Gasteiger charge is 2.60. The Balaban J connectivity index is 1.01. The molecule has 12 atom stereocenters. The number of fused-ring (bicyclic) bond motifs is 5. The second-order valence-electron chi connectivity index (χ2n) is 14.2. The molecular formula is C33H54O8S. The third-order valence-electron chi connectivity index (χ3n) is 12.1. The maximum absolute atomic E-state index is 12.6. The van der Waals surface area contributed by atoms with E-state index >= 15 is 0 Å². The van der Waals surface area contributed by atoms with E-state index in [0.29, 0.717) is 23.9 Å². The van der Waals surface area contributed by atoms with Crippen molar-refractivity contribution in [1.82, 2.24) is 0 Å². The van der Waals surface area contributed by atoms with Crippen molar-refractivity contribution in [2.45, 2.75) is 127 Å². The Morgan fingerprint density at radius 1 is 1.00 bits per heavy atom. The highest BCUT2D eigenvalue weighted by Crippen LogP contribution is 2.66. The summed E-state index contributed by atoms with van der Waals surface area (Å²) in [7, 11) is 1.54. The number of hydrogen-bond donors (Lipinski definition) is 4. The molecule has 4 fully saturated rings. The second kappa shape index (κ2) is 13.8. The number of aliphatic hydroxyl groups is 4. The van der Waals surface area contributed by atoms with Gasteiger partial charge in [-0.25, -0.2) is 0 Å². The molecule has 4 N–H and O–H groups in total. The minimum Gasteiger partial charge on any atom is -0.469 e. The molecule has 0 spiro atoms. The number of allylic oxidation sites excluding steroid dienone is 1. The van der Waals surface area contributed by atoms with Crippen LogP contribution in [0.1, 0.15) is 90.9 Å².